The molecule has 1 saturated heterocycles. The fraction of sp³-hybridized carbons (Fsp3) is 0.333. The number of rotatable bonds is 7. The third-order valence-corrected chi connectivity index (χ3v) is 6.43. The zero-order valence-electron chi connectivity index (χ0n) is 18.6. The molecule has 4 nitrogen and oxygen atoms in total. The summed E-state index contributed by atoms with van der Waals surface area (Å²) in [5.74, 6) is -0.0880. The van der Waals surface area contributed by atoms with Gasteiger partial charge in [-0.25, -0.2) is 4.39 Å². The molecule has 0 atom stereocenters. The lowest BCUT2D eigenvalue weighted by Gasteiger charge is -2.40. The summed E-state index contributed by atoms with van der Waals surface area (Å²) in [6.07, 6.45) is 4.12. The van der Waals surface area contributed by atoms with Crippen LogP contribution in [0.25, 0.3) is 11.1 Å². The molecule has 0 spiro atoms. The van der Waals surface area contributed by atoms with Crippen LogP contribution >= 0.6 is 0 Å². The van der Waals surface area contributed by atoms with Crippen molar-refractivity contribution in [2.24, 2.45) is 5.41 Å². The highest BCUT2D eigenvalue weighted by Crippen LogP contribution is 2.36. The first kappa shape index (κ1) is 22.2. The number of halogens is 1. The van der Waals surface area contributed by atoms with Gasteiger partial charge in [0.1, 0.15) is 5.82 Å². The van der Waals surface area contributed by atoms with Gasteiger partial charge >= 0.3 is 0 Å². The van der Waals surface area contributed by atoms with Crippen LogP contribution in [0, 0.1) is 11.2 Å². The van der Waals surface area contributed by atoms with E-state index in [1.165, 1.54) is 6.07 Å². The van der Waals surface area contributed by atoms with Crippen LogP contribution in [0.5, 0.6) is 0 Å². The summed E-state index contributed by atoms with van der Waals surface area (Å²) in [4.78, 5) is 19.9. The molecule has 0 unspecified atom stereocenters. The van der Waals surface area contributed by atoms with Crippen LogP contribution in [-0.4, -0.2) is 35.4 Å². The second-order valence-corrected chi connectivity index (χ2v) is 8.59. The smallest absolute Gasteiger partial charge is 0.226 e. The molecule has 4 rings (SSSR count). The van der Waals surface area contributed by atoms with Gasteiger partial charge in [-0.1, -0.05) is 48.5 Å². The van der Waals surface area contributed by atoms with E-state index in [0.717, 1.165) is 49.3 Å². The third-order valence-electron chi connectivity index (χ3n) is 6.43. The van der Waals surface area contributed by atoms with Crippen LogP contribution in [0.3, 0.4) is 0 Å². The van der Waals surface area contributed by atoms with Gasteiger partial charge in [0.15, 0.2) is 0 Å². The molecule has 2 heterocycles. The number of aromatic nitrogens is 1. The van der Waals surface area contributed by atoms with E-state index in [9.17, 15) is 9.18 Å². The summed E-state index contributed by atoms with van der Waals surface area (Å²) >= 11 is 0. The van der Waals surface area contributed by atoms with Gasteiger partial charge in [-0.2, -0.15) is 0 Å². The van der Waals surface area contributed by atoms with Crippen molar-refractivity contribution in [3.8, 4) is 11.1 Å². The molecular weight excluding hydrogens is 401 g/mol. The number of piperidine rings is 1. The maximum absolute atomic E-state index is 14.1. The highest BCUT2D eigenvalue weighted by molar-refractivity contribution is 5.83. The molecule has 2 aromatic carbocycles. The molecule has 166 valence electrons. The van der Waals surface area contributed by atoms with Gasteiger partial charge in [0.2, 0.25) is 5.91 Å². The van der Waals surface area contributed by atoms with Crippen LogP contribution in [0.1, 0.15) is 31.0 Å². The summed E-state index contributed by atoms with van der Waals surface area (Å²) in [5.41, 5.74) is 3.19. The Kier molecular flexibility index (Phi) is 6.96. The van der Waals surface area contributed by atoms with Gasteiger partial charge in [-0.05, 0) is 68.6 Å². The van der Waals surface area contributed by atoms with E-state index < -0.39 is 5.41 Å². The predicted molar refractivity (Wildman–Crippen MR) is 125 cm³/mol. The molecule has 1 N–H and O–H groups in total. The van der Waals surface area contributed by atoms with Gasteiger partial charge in [0.25, 0.3) is 0 Å². The summed E-state index contributed by atoms with van der Waals surface area (Å²) in [6.45, 7) is 5.13. The predicted octanol–water partition coefficient (Wildman–Crippen LogP) is 4.85. The van der Waals surface area contributed by atoms with Gasteiger partial charge in [0.05, 0.1) is 11.1 Å². The molecule has 5 heteroatoms. The molecule has 1 aromatic heterocycles. The Balaban J connectivity index is 1.48. The highest BCUT2D eigenvalue weighted by atomic mass is 19.1. The van der Waals surface area contributed by atoms with Crippen LogP contribution in [0.4, 0.5) is 4.39 Å². The normalized spacial score (nSPS) is 15.9. The Labute approximate surface area is 189 Å². The van der Waals surface area contributed by atoms with Crippen molar-refractivity contribution in [2.75, 3.05) is 19.6 Å². The number of hydrogen-bond acceptors (Lipinski definition) is 3. The summed E-state index contributed by atoms with van der Waals surface area (Å²) in [5, 5.41) is 3.07. The molecule has 32 heavy (non-hydrogen) atoms. The molecule has 0 saturated carbocycles. The third kappa shape index (κ3) is 5.05. The van der Waals surface area contributed by atoms with Crippen molar-refractivity contribution in [1.82, 2.24) is 15.2 Å². The van der Waals surface area contributed by atoms with Crippen molar-refractivity contribution < 1.29 is 9.18 Å². The Morgan fingerprint density at radius 2 is 1.75 bits per heavy atom. The molecule has 1 aliphatic heterocycles. The number of carbonyl (C=O) groups excluding carboxylic acids is 1. The van der Waals surface area contributed by atoms with E-state index in [0.29, 0.717) is 18.5 Å². The number of nitrogens with one attached hydrogen (secondary N) is 1. The number of hydrogen-bond donors (Lipinski definition) is 1. The van der Waals surface area contributed by atoms with E-state index in [1.54, 1.807) is 12.1 Å². The molecule has 1 amide bonds. The van der Waals surface area contributed by atoms with E-state index in [1.807, 2.05) is 61.7 Å². The molecule has 1 aliphatic rings. The second-order valence-electron chi connectivity index (χ2n) is 8.59. The first-order chi connectivity index (χ1) is 15.6. The van der Waals surface area contributed by atoms with Gasteiger partial charge in [-0.3, -0.25) is 14.7 Å². The monoisotopic (exact) mass is 431 g/mol. The number of likely N-dealkylation sites (tertiary alicyclic amines) is 1. The van der Waals surface area contributed by atoms with Gasteiger partial charge in [-0.15, -0.1) is 0 Å². The fourth-order valence-electron chi connectivity index (χ4n) is 4.58. The van der Waals surface area contributed by atoms with Crippen molar-refractivity contribution in [2.45, 2.75) is 32.7 Å². The Morgan fingerprint density at radius 3 is 2.41 bits per heavy atom. The minimum atomic E-state index is -0.420. The van der Waals surface area contributed by atoms with Crippen LogP contribution in [0.2, 0.25) is 0 Å². The Morgan fingerprint density at radius 1 is 1.03 bits per heavy atom. The summed E-state index contributed by atoms with van der Waals surface area (Å²) in [6, 6.07) is 20.8. The SMILES string of the molecule is CCNC(=O)C1(Cc2ccc(-c3ccccc3F)cc2)CCN(Cc2ccccn2)CC1. The molecule has 3 aromatic rings. The van der Waals surface area contributed by atoms with Crippen LogP contribution in [0.15, 0.2) is 72.9 Å². The first-order valence-corrected chi connectivity index (χ1v) is 11.3. The minimum Gasteiger partial charge on any atom is -0.356 e. The molecule has 0 bridgehead atoms. The summed E-state index contributed by atoms with van der Waals surface area (Å²) < 4.78 is 14.1. The quantitative estimate of drug-likeness (QED) is 0.582. The number of amides is 1. The minimum absolute atomic E-state index is 0.135. The molecular formula is C27H30FN3O. The van der Waals surface area contributed by atoms with E-state index >= 15 is 0 Å². The zero-order chi connectivity index (χ0) is 22.4. The van der Waals surface area contributed by atoms with Crippen LogP contribution < -0.4 is 5.32 Å². The topological polar surface area (TPSA) is 45.2 Å². The average Bonchev–Trinajstić information content (AvgIpc) is 2.82. The fourth-order valence-corrected chi connectivity index (χ4v) is 4.58. The van der Waals surface area contributed by atoms with Crippen molar-refractivity contribution in [1.29, 1.82) is 0 Å². The van der Waals surface area contributed by atoms with E-state index in [4.69, 9.17) is 0 Å². The lowest BCUT2D eigenvalue weighted by Crippen LogP contribution is -2.49. The number of benzene rings is 2. The lowest BCUT2D eigenvalue weighted by atomic mass is 9.72. The lowest BCUT2D eigenvalue weighted by molar-refractivity contribution is -0.134. The molecule has 1 fully saturated rings. The van der Waals surface area contributed by atoms with Crippen molar-refractivity contribution in [3.63, 3.8) is 0 Å². The molecule has 0 aliphatic carbocycles. The standard InChI is InChI=1S/C27H30FN3O/c1-2-29-26(32)27(14-17-31(18-15-27)20-23-7-5-6-16-30-23)19-21-10-12-22(13-11-21)24-8-3-4-9-25(24)28/h3-13,16H,2,14-15,17-20H2,1H3,(H,29,32). The average molecular weight is 432 g/mol. The number of carbonyl (C=O) groups is 1. The second kappa shape index (κ2) is 10.0. The van der Waals surface area contributed by atoms with E-state index in [-0.39, 0.29) is 11.7 Å². The maximum Gasteiger partial charge on any atom is 0.226 e. The van der Waals surface area contributed by atoms with Crippen LogP contribution in [-0.2, 0) is 17.8 Å². The zero-order valence-corrected chi connectivity index (χ0v) is 18.6. The van der Waals surface area contributed by atoms with Crippen molar-refractivity contribution in [3.05, 3.63) is 90.0 Å². The maximum atomic E-state index is 14.1. The summed E-state index contributed by atoms with van der Waals surface area (Å²) in [7, 11) is 0. The van der Waals surface area contributed by atoms with Gasteiger partial charge in [0, 0.05) is 24.8 Å². The van der Waals surface area contributed by atoms with Crippen molar-refractivity contribution >= 4 is 5.91 Å². The largest absolute Gasteiger partial charge is 0.356 e. The van der Waals surface area contributed by atoms with Gasteiger partial charge < -0.3 is 5.32 Å². The highest BCUT2D eigenvalue weighted by Gasteiger charge is 2.41. The number of pyridine rings is 1. The number of nitrogens with zero attached hydrogens (tertiary/aromatic N) is 2. The Hall–Kier alpha value is -3.05. The molecule has 0 radical (unpaired) electrons. The first-order valence-electron chi connectivity index (χ1n) is 11.3. The Bertz CT molecular complexity index is 1030. The van der Waals surface area contributed by atoms with E-state index in [2.05, 4.69) is 15.2 Å².